The van der Waals surface area contributed by atoms with Gasteiger partial charge >= 0.3 is 0 Å². The second-order valence-electron chi connectivity index (χ2n) is 7.62. The summed E-state index contributed by atoms with van der Waals surface area (Å²) >= 11 is 1.37. The maximum Gasteiger partial charge on any atom is 0.196 e. The lowest BCUT2D eigenvalue weighted by Gasteiger charge is -2.12. The van der Waals surface area contributed by atoms with Gasteiger partial charge in [0.1, 0.15) is 0 Å². The Hall–Kier alpha value is -3.58. The summed E-state index contributed by atoms with van der Waals surface area (Å²) in [5.74, 6) is 2.22. The zero-order valence-corrected chi connectivity index (χ0v) is 19.8. The molecule has 168 valence electrons. The summed E-state index contributed by atoms with van der Waals surface area (Å²) in [6.07, 6.45) is 0. The monoisotopic (exact) mass is 459 g/mol. The summed E-state index contributed by atoms with van der Waals surface area (Å²) in [4.78, 5) is 12.7. The third-order valence-electron chi connectivity index (χ3n) is 5.27. The summed E-state index contributed by atoms with van der Waals surface area (Å²) < 4.78 is 12.8. The zero-order valence-electron chi connectivity index (χ0n) is 19.0. The zero-order chi connectivity index (χ0) is 23.4. The van der Waals surface area contributed by atoms with E-state index in [1.54, 1.807) is 14.2 Å². The number of Topliss-reactive ketones (excluding diaryl/α,β-unsaturated/α-hetero) is 1. The molecule has 0 fully saturated rings. The van der Waals surface area contributed by atoms with Crippen molar-refractivity contribution in [1.82, 2.24) is 14.8 Å². The van der Waals surface area contributed by atoms with Crippen LogP contribution in [0.1, 0.15) is 21.5 Å². The fourth-order valence-electron chi connectivity index (χ4n) is 3.41. The molecule has 0 saturated carbocycles. The molecule has 0 unspecified atom stereocenters. The van der Waals surface area contributed by atoms with E-state index in [1.165, 1.54) is 11.8 Å². The van der Waals surface area contributed by atoms with E-state index in [2.05, 4.69) is 10.2 Å². The van der Waals surface area contributed by atoms with Gasteiger partial charge in [-0.2, -0.15) is 0 Å². The minimum absolute atomic E-state index is 0.0473. The van der Waals surface area contributed by atoms with Crippen molar-refractivity contribution in [3.63, 3.8) is 0 Å². The number of aromatic nitrogens is 3. The van der Waals surface area contributed by atoms with Crippen LogP contribution < -0.4 is 9.47 Å². The first kappa shape index (κ1) is 22.6. The smallest absolute Gasteiger partial charge is 0.196 e. The number of thioether (sulfide) groups is 1. The second kappa shape index (κ2) is 9.92. The number of ketones is 1. The molecule has 1 heterocycles. The van der Waals surface area contributed by atoms with Gasteiger partial charge in [0, 0.05) is 16.8 Å². The van der Waals surface area contributed by atoms with Gasteiger partial charge in [0.25, 0.3) is 0 Å². The third kappa shape index (κ3) is 4.93. The SMILES string of the molecule is COc1ccc(-c2nnc(SCC(=O)c3ccc(C)cc3)n2-c2ccc(C)cc2)cc1OC. The highest BCUT2D eigenvalue weighted by atomic mass is 32.2. The van der Waals surface area contributed by atoms with E-state index in [0.29, 0.717) is 28.0 Å². The number of ether oxygens (including phenoxy) is 2. The van der Waals surface area contributed by atoms with Crippen molar-refractivity contribution in [3.8, 4) is 28.6 Å². The van der Waals surface area contributed by atoms with Gasteiger partial charge in [0.15, 0.2) is 28.3 Å². The molecule has 4 rings (SSSR count). The van der Waals surface area contributed by atoms with Crippen molar-refractivity contribution in [2.75, 3.05) is 20.0 Å². The number of carbonyl (C=O) groups excluding carboxylic acids is 1. The van der Waals surface area contributed by atoms with Crippen molar-refractivity contribution in [2.24, 2.45) is 0 Å². The molecule has 33 heavy (non-hydrogen) atoms. The summed E-state index contributed by atoms with van der Waals surface area (Å²) in [6.45, 7) is 4.05. The number of benzene rings is 3. The molecule has 0 saturated heterocycles. The van der Waals surface area contributed by atoms with Crippen molar-refractivity contribution in [1.29, 1.82) is 0 Å². The molecule has 0 atom stereocenters. The largest absolute Gasteiger partial charge is 0.493 e. The van der Waals surface area contributed by atoms with Crippen LogP contribution in [0.4, 0.5) is 0 Å². The number of nitrogens with zero attached hydrogens (tertiary/aromatic N) is 3. The second-order valence-corrected chi connectivity index (χ2v) is 8.57. The molecule has 1 aromatic heterocycles. The molecule has 0 aliphatic heterocycles. The predicted molar refractivity (Wildman–Crippen MR) is 131 cm³/mol. The number of hydrogen-bond acceptors (Lipinski definition) is 6. The Morgan fingerprint density at radius 3 is 2.12 bits per heavy atom. The standard InChI is InChI=1S/C26H25N3O3S/c1-17-5-9-19(10-6-17)22(30)16-33-26-28-27-25(29(26)21-12-7-18(2)8-13-21)20-11-14-23(31-3)24(15-20)32-4/h5-15H,16H2,1-4H3. The molecule has 3 aromatic carbocycles. The first-order valence-corrected chi connectivity index (χ1v) is 11.5. The van der Waals surface area contributed by atoms with Crippen LogP contribution in [0.3, 0.4) is 0 Å². The first-order valence-electron chi connectivity index (χ1n) is 10.5. The van der Waals surface area contributed by atoms with Crippen LogP contribution in [0.15, 0.2) is 71.9 Å². The van der Waals surface area contributed by atoms with E-state index < -0.39 is 0 Å². The lowest BCUT2D eigenvalue weighted by atomic mass is 10.1. The van der Waals surface area contributed by atoms with Gasteiger partial charge in [-0.15, -0.1) is 10.2 Å². The Bertz CT molecular complexity index is 1270. The summed E-state index contributed by atoms with van der Waals surface area (Å²) in [7, 11) is 3.20. The minimum atomic E-state index is 0.0473. The quantitative estimate of drug-likeness (QED) is 0.254. The fraction of sp³-hybridized carbons (Fsp3) is 0.192. The van der Waals surface area contributed by atoms with Crippen molar-refractivity contribution in [2.45, 2.75) is 19.0 Å². The highest BCUT2D eigenvalue weighted by Crippen LogP contribution is 2.34. The lowest BCUT2D eigenvalue weighted by molar-refractivity contribution is 0.102. The van der Waals surface area contributed by atoms with E-state index in [0.717, 1.165) is 22.4 Å². The normalized spacial score (nSPS) is 10.8. The Morgan fingerprint density at radius 2 is 1.48 bits per heavy atom. The number of aryl methyl sites for hydroxylation is 2. The molecule has 0 spiro atoms. The van der Waals surface area contributed by atoms with Gasteiger partial charge in [-0.05, 0) is 44.2 Å². The average molecular weight is 460 g/mol. The summed E-state index contributed by atoms with van der Waals surface area (Å²) in [5, 5.41) is 9.53. The van der Waals surface area contributed by atoms with Gasteiger partial charge in [0.2, 0.25) is 0 Å². The molecule has 4 aromatic rings. The number of rotatable bonds is 8. The van der Waals surface area contributed by atoms with Crippen molar-refractivity contribution >= 4 is 17.5 Å². The molecule has 0 bridgehead atoms. The molecule has 7 heteroatoms. The lowest BCUT2D eigenvalue weighted by Crippen LogP contribution is -2.05. The molecule has 6 nitrogen and oxygen atoms in total. The Kier molecular flexibility index (Phi) is 6.79. The Labute approximate surface area is 197 Å². The van der Waals surface area contributed by atoms with Crippen LogP contribution in [0, 0.1) is 13.8 Å². The summed E-state index contributed by atoms with van der Waals surface area (Å²) in [5.41, 5.74) is 4.72. The number of methoxy groups -OCH3 is 2. The molecular weight excluding hydrogens is 434 g/mol. The molecule has 0 aliphatic carbocycles. The number of carbonyl (C=O) groups is 1. The first-order chi connectivity index (χ1) is 16.0. The van der Waals surface area contributed by atoms with Crippen LogP contribution in [-0.4, -0.2) is 40.5 Å². The van der Waals surface area contributed by atoms with E-state index in [9.17, 15) is 4.79 Å². The van der Waals surface area contributed by atoms with Gasteiger partial charge in [-0.25, -0.2) is 0 Å². The Morgan fingerprint density at radius 1 is 0.848 bits per heavy atom. The minimum Gasteiger partial charge on any atom is -0.493 e. The van der Waals surface area contributed by atoms with E-state index in [1.807, 2.05) is 85.1 Å². The fourth-order valence-corrected chi connectivity index (χ4v) is 4.25. The maximum absolute atomic E-state index is 12.7. The van der Waals surface area contributed by atoms with E-state index in [-0.39, 0.29) is 11.5 Å². The molecule has 0 amide bonds. The number of hydrogen-bond donors (Lipinski definition) is 0. The van der Waals surface area contributed by atoms with Crippen LogP contribution in [0.25, 0.3) is 17.1 Å². The highest BCUT2D eigenvalue weighted by Gasteiger charge is 2.19. The van der Waals surface area contributed by atoms with Crippen molar-refractivity contribution in [3.05, 3.63) is 83.4 Å². The van der Waals surface area contributed by atoms with Crippen LogP contribution in [0.2, 0.25) is 0 Å². The third-order valence-corrected chi connectivity index (χ3v) is 6.20. The van der Waals surface area contributed by atoms with Crippen molar-refractivity contribution < 1.29 is 14.3 Å². The van der Waals surface area contributed by atoms with E-state index in [4.69, 9.17) is 9.47 Å². The van der Waals surface area contributed by atoms with Gasteiger partial charge in [-0.1, -0.05) is 59.3 Å². The van der Waals surface area contributed by atoms with Crippen LogP contribution in [-0.2, 0) is 0 Å². The molecule has 0 aliphatic rings. The van der Waals surface area contributed by atoms with Crippen LogP contribution >= 0.6 is 11.8 Å². The van der Waals surface area contributed by atoms with Gasteiger partial charge in [-0.3, -0.25) is 9.36 Å². The van der Waals surface area contributed by atoms with Crippen LogP contribution in [0.5, 0.6) is 11.5 Å². The maximum atomic E-state index is 12.7. The van der Waals surface area contributed by atoms with Gasteiger partial charge in [0.05, 0.1) is 20.0 Å². The van der Waals surface area contributed by atoms with E-state index >= 15 is 0 Å². The molecule has 0 N–H and O–H groups in total. The predicted octanol–water partition coefficient (Wildman–Crippen LogP) is 5.54. The molecular formula is C26H25N3O3S. The highest BCUT2D eigenvalue weighted by molar-refractivity contribution is 7.99. The summed E-state index contributed by atoms with van der Waals surface area (Å²) in [6, 6.07) is 21.4. The Balaban J connectivity index is 1.70. The topological polar surface area (TPSA) is 66.2 Å². The van der Waals surface area contributed by atoms with Gasteiger partial charge < -0.3 is 9.47 Å². The average Bonchev–Trinajstić information content (AvgIpc) is 3.27. The molecule has 0 radical (unpaired) electrons.